The summed E-state index contributed by atoms with van der Waals surface area (Å²) >= 11 is 3.78. The summed E-state index contributed by atoms with van der Waals surface area (Å²) in [6.07, 6.45) is 4.35. The molecule has 0 aromatic carbocycles. The molecule has 0 spiro atoms. The fourth-order valence-electron chi connectivity index (χ4n) is 4.07. The van der Waals surface area contributed by atoms with E-state index in [-0.39, 0.29) is 17.8 Å². The topological polar surface area (TPSA) is 69.4 Å². The first-order valence-corrected chi connectivity index (χ1v) is 8.39. The van der Waals surface area contributed by atoms with Crippen LogP contribution in [0.2, 0.25) is 0 Å². The van der Waals surface area contributed by atoms with Gasteiger partial charge in [0.2, 0.25) is 1.55 Å². The lowest BCUT2D eigenvalue weighted by Gasteiger charge is -2.54. The maximum absolute atomic E-state index is 12.0. The molecule has 0 heterocycles. The number of ketones is 1. The first-order valence-electron chi connectivity index (χ1n) is 6.23. The Balaban J connectivity index is 1.81. The summed E-state index contributed by atoms with van der Waals surface area (Å²) in [5, 5.41) is 0. The lowest BCUT2D eigenvalue weighted by Crippen LogP contribution is -2.58. The van der Waals surface area contributed by atoms with Crippen LogP contribution in [0.1, 0.15) is 32.1 Å². The van der Waals surface area contributed by atoms with Crippen molar-refractivity contribution < 1.29 is 14.3 Å². The average molecular weight is 475 g/mol. The van der Waals surface area contributed by atoms with Crippen LogP contribution < -0.4 is 5.73 Å². The van der Waals surface area contributed by atoms with E-state index in [1.165, 1.54) is 0 Å². The molecular formula is C12H15I2NO3. The summed E-state index contributed by atoms with van der Waals surface area (Å²) in [5.74, 6) is 0.849. The largest absolute Gasteiger partial charge is 0.456 e. The van der Waals surface area contributed by atoms with Gasteiger partial charge in [0.15, 0.2) is 0 Å². The summed E-state index contributed by atoms with van der Waals surface area (Å²) in [6.45, 7) is 0. The van der Waals surface area contributed by atoms with E-state index in [4.69, 9.17) is 10.5 Å². The van der Waals surface area contributed by atoms with Gasteiger partial charge in [-0.2, -0.15) is 0 Å². The van der Waals surface area contributed by atoms with Crippen molar-refractivity contribution in [3.8, 4) is 0 Å². The van der Waals surface area contributed by atoms with Crippen molar-refractivity contribution in [2.75, 3.05) is 0 Å². The highest BCUT2D eigenvalue weighted by Crippen LogP contribution is 2.55. The van der Waals surface area contributed by atoms with Gasteiger partial charge in [0.25, 0.3) is 0 Å². The number of Topliss-reactive ketones (excluding diaryl/α,β-unsaturated/α-hetero) is 1. The Morgan fingerprint density at radius 2 is 1.83 bits per heavy atom. The van der Waals surface area contributed by atoms with Gasteiger partial charge in [-0.25, -0.2) is 4.79 Å². The van der Waals surface area contributed by atoms with Gasteiger partial charge in [-0.3, -0.25) is 10.5 Å². The van der Waals surface area contributed by atoms with Crippen LogP contribution in [0.5, 0.6) is 0 Å². The fourth-order valence-corrected chi connectivity index (χ4v) is 4.29. The minimum Gasteiger partial charge on any atom is -0.456 e. The van der Waals surface area contributed by atoms with Crippen molar-refractivity contribution >= 4 is 56.9 Å². The van der Waals surface area contributed by atoms with Crippen LogP contribution in [0.25, 0.3) is 0 Å². The van der Waals surface area contributed by atoms with Crippen LogP contribution in [0.3, 0.4) is 0 Å². The Bertz CT molecular complexity index is 400. The standard InChI is InChI=1S/C12H15I2NO3/c13-12(14,15)10(17)18-11-3-6-1-7(4-11)9(16)8(2-6)5-11/h6-8H,1-5,15H2. The summed E-state index contributed by atoms with van der Waals surface area (Å²) in [5.41, 5.74) is 5.37. The second-order valence-corrected chi connectivity index (χ2v) is 11.4. The third-order valence-corrected chi connectivity index (χ3v) is 5.40. The minimum atomic E-state index is -1.01. The Morgan fingerprint density at radius 3 is 2.33 bits per heavy atom. The molecule has 4 nitrogen and oxygen atoms in total. The predicted molar refractivity (Wildman–Crippen MR) is 82.3 cm³/mol. The Labute approximate surface area is 133 Å². The predicted octanol–water partition coefficient (Wildman–Crippen LogP) is 2.16. The van der Waals surface area contributed by atoms with Crippen molar-refractivity contribution in [1.29, 1.82) is 0 Å². The monoisotopic (exact) mass is 475 g/mol. The molecule has 0 aromatic rings. The van der Waals surface area contributed by atoms with Crippen molar-refractivity contribution in [2.24, 2.45) is 23.5 Å². The van der Waals surface area contributed by atoms with Gasteiger partial charge < -0.3 is 4.74 Å². The molecule has 100 valence electrons. The number of alkyl halides is 2. The molecule has 4 aliphatic rings. The lowest BCUT2D eigenvalue weighted by atomic mass is 9.53. The van der Waals surface area contributed by atoms with Gasteiger partial charge in [-0.1, -0.05) is 0 Å². The SMILES string of the molecule is NC(I)(I)C(=O)OC12CC3CC(C1)C(=O)C(C3)C2. The van der Waals surface area contributed by atoms with Gasteiger partial charge >= 0.3 is 5.97 Å². The summed E-state index contributed by atoms with van der Waals surface area (Å²) in [6, 6.07) is 0. The van der Waals surface area contributed by atoms with Crippen LogP contribution in [-0.2, 0) is 14.3 Å². The van der Waals surface area contributed by atoms with E-state index in [0.29, 0.717) is 24.5 Å². The zero-order valence-corrected chi connectivity index (χ0v) is 14.1. The van der Waals surface area contributed by atoms with Crippen LogP contribution >= 0.6 is 45.2 Å². The van der Waals surface area contributed by atoms with Crippen molar-refractivity contribution in [3.05, 3.63) is 0 Å². The molecule has 0 aromatic heterocycles. The minimum absolute atomic E-state index is 0.125. The molecule has 4 saturated carbocycles. The Kier molecular flexibility index (Phi) is 3.22. The number of esters is 1. The normalized spacial score (nSPS) is 42.2. The van der Waals surface area contributed by atoms with Crippen molar-refractivity contribution in [2.45, 2.75) is 39.3 Å². The van der Waals surface area contributed by atoms with E-state index in [9.17, 15) is 9.59 Å². The molecule has 4 bridgehead atoms. The van der Waals surface area contributed by atoms with E-state index in [1.54, 1.807) is 0 Å². The highest BCUT2D eigenvalue weighted by molar-refractivity contribution is 14.2. The van der Waals surface area contributed by atoms with E-state index in [1.807, 2.05) is 45.2 Å². The van der Waals surface area contributed by atoms with Gasteiger partial charge in [0, 0.05) is 11.8 Å². The van der Waals surface area contributed by atoms with E-state index >= 15 is 0 Å². The molecule has 18 heavy (non-hydrogen) atoms. The van der Waals surface area contributed by atoms with Gasteiger partial charge in [-0.15, -0.1) is 0 Å². The van der Waals surface area contributed by atoms with Crippen LogP contribution in [0.15, 0.2) is 0 Å². The van der Waals surface area contributed by atoms with Crippen LogP contribution in [0, 0.1) is 17.8 Å². The average Bonchev–Trinajstić information content (AvgIpc) is 2.22. The highest BCUT2D eigenvalue weighted by atomic mass is 127. The third-order valence-electron chi connectivity index (χ3n) is 4.52. The first kappa shape index (κ1) is 13.5. The number of ether oxygens (including phenoxy) is 1. The lowest BCUT2D eigenvalue weighted by molar-refractivity contribution is -0.188. The zero-order valence-electron chi connectivity index (χ0n) is 9.83. The molecule has 0 saturated heterocycles. The number of hydrogen-bond donors (Lipinski definition) is 1. The number of nitrogens with two attached hydrogens (primary N) is 1. The molecule has 4 aliphatic carbocycles. The van der Waals surface area contributed by atoms with E-state index in [0.717, 1.165) is 19.3 Å². The quantitative estimate of drug-likeness (QED) is 0.288. The molecular weight excluding hydrogens is 460 g/mol. The third kappa shape index (κ3) is 2.21. The van der Waals surface area contributed by atoms with Crippen molar-refractivity contribution in [1.82, 2.24) is 0 Å². The Morgan fingerprint density at radius 1 is 1.28 bits per heavy atom. The summed E-state index contributed by atoms with van der Waals surface area (Å²) in [4.78, 5) is 24.0. The maximum atomic E-state index is 12.0. The number of carbonyl (C=O) groups is 2. The Hall–Kier alpha value is 0.560. The second kappa shape index (κ2) is 4.28. The molecule has 2 N–H and O–H groups in total. The van der Waals surface area contributed by atoms with Gasteiger partial charge in [-0.05, 0) is 83.2 Å². The molecule has 2 unspecified atom stereocenters. The number of hydrogen-bond acceptors (Lipinski definition) is 4. The number of carbonyl (C=O) groups excluding carboxylic acids is 2. The van der Waals surface area contributed by atoms with Crippen LogP contribution in [0.4, 0.5) is 0 Å². The molecule has 6 heteroatoms. The highest BCUT2D eigenvalue weighted by Gasteiger charge is 2.57. The fraction of sp³-hybridized carbons (Fsp3) is 0.833. The van der Waals surface area contributed by atoms with Gasteiger partial charge in [0.1, 0.15) is 11.4 Å². The number of rotatable bonds is 2. The van der Waals surface area contributed by atoms with E-state index < -0.39 is 7.15 Å². The van der Waals surface area contributed by atoms with E-state index in [2.05, 4.69) is 0 Å². The molecule has 0 amide bonds. The first-order chi connectivity index (χ1) is 8.29. The van der Waals surface area contributed by atoms with Crippen molar-refractivity contribution in [3.63, 3.8) is 0 Å². The molecule has 0 radical (unpaired) electrons. The smallest absolute Gasteiger partial charge is 0.347 e. The van der Waals surface area contributed by atoms with Gasteiger partial charge in [0.05, 0.1) is 0 Å². The summed E-state index contributed by atoms with van der Waals surface area (Å²) < 4.78 is 4.72. The van der Waals surface area contributed by atoms with Crippen LogP contribution in [-0.4, -0.2) is 18.9 Å². The second-order valence-electron chi connectivity index (χ2n) is 5.94. The summed E-state index contributed by atoms with van der Waals surface area (Å²) in [7, 11) is 0. The molecule has 2 atom stereocenters. The molecule has 0 aliphatic heterocycles. The maximum Gasteiger partial charge on any atom is 0.347 e. The molecule has 4 rings (SSSR count). The molecule has 4 fully saturated rings. The number of halogens is 2. The zero-order chi connectivity index (χ0) is 13.1.